The maximum atomic E-state index is 13.1. The van der Waals surface area contributed by atoms with Crippen LogP contribution in [0, 0.1) is 0 Å². The number of hydrogen-bond donors (Lipinski definition) is 1. The lowest BCUT2D eigenvalue weighted by Crippen LogP contribution is -2.37. The van der Waals surface area contributed by atoms with Crippen LogP contribution in [0.3, 0.4) is 0 Å². The first-order valence-corrected chi connectivity index (χ1v) is 9.53. The molecule has 1 aliphatic heterocycles. The molecule has 3 heterocycles. The second kappa shape index (κ2) is 7.93. The van der Waals surface area contributed by atoms with Crippen LogP contribution in [0.1, 0.15) is 54.4 Å². The fraction of sp³-hybridized carbons (Fsp3) is 0.500. The topological polar surface area (TPSA) is 81.3 Å². The lowest BCUT2D eigenvalue weighted by molar-refractivity contribution is 0.0503. The van der Waals surface area contributed by atoms with E-state index in [2.05, 4.69) is 15.3 Å². The van der Waals surface area contributed by atoms with E-state index < -0.39 is 0 Å². The van der Waals surface area contributed by atoms with Gasteiger partial charge in [0, 0.05) is 25.4 Å². The summed E-state index contributed by atoms with van der Waals surface area (Å²) in [7, 11) is 0. The molecule has 7 heteroatoms. The number of carbonyl (C=O) groups excluding carboxylic acids is 1. The summed E-state index contributed by atoms with van der Waals surface area (Å²) in [5, 5.41) is 4.08. The van der Waals surface area contributed by atoms with E-state index in [0.717, 1.165) is 30.7 Å². The van der Waals surface area contributed by atoms with Crippen molar-refractivity contribution in [1.82, 2.24) is 14.9 Å². The number of nitrogen functional groups attached to an aromatic ring is 1. The summed E-state index contributed by atoms with van der Waals surface area (Å²) < 4.78 is 5.73. The van der Waals surface area contributed by atoms with E-state index in [4.69, 9.17) is 10.5 Å². The lowest BCUT2D eigenvalue weighted by atomic mass is 10.1. The van der Waals surface area contributed by atoms with Gasteiger partial charge in [0.05, 0.1) is 6.10 Å². The maximum absolute atomic E-state index is 13.1. The SMILES string of the molecule is CC(C)c1cc(C(=O)N(Cc2ccsc2)CC2CCCO2)nc(N)n1. The highest BCUT2D eigenvalue weighted by atomic mass is 32.1. The standard InChI is InChI=1S/C18H24N4O2S/c1-12(2)15-8-16(21-18(19)20-15)17(23)22(9-13-5-7-25-11-13)10-14-4-3-6-24-14/h5,7-8,11-12,14H,3-4,6,9-10H2,1-2H3,(H2,19,20,21). The molecular weight excluding hydrogens is 336 g/mol. The fourth-order valence-electron chi connectivity index (χ4n) is 2.91. The third kappa shape index (κ3) is 4.55. The van der Waals surface area contributed by atoms with Crippen LogP contribution in [-0.4, -0.2) is 40.0 Å². The monoisotopic (exact) mass is 360 g/mol. The van der Waals surface area contributed by atoms with E-state index in [1.54, 1.807) is 17.4 Å². The normalized spacial score (nSPS) is 17.2. The van der Waals surface area contributed by atoms with Gasteiger partial charge in [0.15, 0.2) is 0 Å². The van der Waals surface area contributed by atoms with Gasteiger partial charge in [-0.1, -0.05) is 13.8 Å². The number of nitrogens with zero attached hydrogens (tertiary/aromatic N) is 3. The average Bonchev–Trinajstić information content (AvgIpc) is 3.26. The Hall–Kier alpha value is -1.99. The van der Waals surface area contributed by atoms with Crippen LogP contribution < -0.4 is 5.73 Å². The smallest absolute Gasteiger partial charge is 0.273 e. The summed E-state index contributed by atoms with van der Waals surface area (Å²) in [5.41, 5.74) is 8.06. The fourth-order valence-corrected chi connectivity index (χ4v) is 3.57. The summed E-state index contributed by atoms with van der Waals surface area (Å²) in [5.74, 6) is 0.195. The summed E-state index contributed by atoms with van der Waals surface area (Å²) in [4.78, 5) is 23.3. The Morgan fingerprint density at radius 3 is 2.96 bits per heavy atom. The molecule has 0 aromatic carbocycles. The van der Waals surface area contributed by atoms with E-state index in [1.165, 1.54) is 0 Å². The number of nitrogens with two attached hydrogens (primary N) is 1. The molecule has 0 saturated carbocycles. The molecule has 2 aromatic heterocycles. The number of thiophene rings is 1. The van der Waals surface area contributed by atoms with Crippen LogP contribution in [0.25, 0.3) is 0 Å². The van der Waals surface area contributed by atoms with Crippen molar-refractivity contribution in [2.24, 2.45) is 0 Å². The molecule has 25 heavy (non-hydrogen) atoms. The van der Waals surface area contributed by atoms with E-state index in [0.29, 0.717) is 18.8 Å². The highest BCUT2D eigenvalue weighted by Crippen LogP contribution is 2.20. The van der Waals surface area contributed by atoms with Gasteiger partial charge in [-0.15, -0.1) is 0 Å². The van der Waals surface area contributed by atoms with Gasteiger partial charge in [-0.3, -0.25) is 4.79 Å². The molecule has 0 aliphatic carbocycles. The van der Waals surface area contributed by atoms with E-state index in [1.807, 2.05) is 30.2 Å². The van der Waals surface area contributed by atoms with Crippen LogP contribution >= 0.6 is 11.3 Å². The summed E-state index contributed by atoms with van der Waals surface area (Å²) in [6, 6.07) is 3.79. The zero-order valence-electron chi connectivity index (χ0n) is 14.6. The lowest BCUT2D eigenvalue weighted by Gasteiger charge is -2.25. The van der Waals surface area contributed by atoms with E-state index in [9.17, 15) is 4.79 Å². The second-order valence-corrected chi connectivity index (χ2v) is 7.42. The Bertz CT molecular complexity index is 712. The first kappa shape index (κ1) is 17.8. The van der Waals surface area contributed by atoms with Crippen LogP contribution in [0.5, 0.6) is 0 Å². The predicted molar refractivity (Wildman–Crippen MR) is 98.6 cm³/mol. The van der Waals surface area contributed by atoms with Crippen LogP contribution in [0.2, 0.25) is 0 Å². The minimum Gasteiger partial charge on any atom is -0.376 e. The Morgan fingerprint density at radius 2 is 2.32 bits per heavy atom. The molecular formula is C18H24N4O2S. The highest BCUT2D eigenvalue weighted by Gasteiger charge is 2.25. The van der Waals surface area contributed by atoms with Gasteiger partial charge in [0.2, 0.25) is 5.95 Å². The number of hydrogen-bond acceptors (Lipinski definition) is 6. The summed E-state index contributed by atoms with van der Waals surface area (Å²) in [6.07, 6.45) is 2.12. The van der Waals surface area contributed by atoms with Gasteiger partial charge in [0.25, 0.3) is 5.91 Å². The highest BCUT2D eigenvalue weighted by molar-refractivity contribution is 7.07. The van der Waals surface area contributed by atoms with Gasteiger partial charge in [-0.05, 0) is 47.2 Å². The van der Waals surface area contributed by atoms with Crippen LogP contribution in [-0.2, 0) is 11.3 Å². The number of rotatable bonds is 6. The Kier molecular flexibility index (Phi) is 5.65. The van der Waals surface area contributed by atoms with E-state index in [-0.39, 0.29) is 23.9 Å². The number of aromatic nitrogens is 2. The van der Waals surface area contributed by atoms with Crippen LogP contribution in [0.4, 0.5) is 5.95 Å². The van der Waals surface area contributed by atoms with Crippen molar-refractivity contribution >= 4 is 23.2 Å². The molecule has 0 radical (unpaired) electrons. The largest absolute Gasteiger partial charge is 0.376 e. The van der Waals surface area contributed by atoms with Crippen LogP contribution in [0.15, 0.2) is 22.9 Å². The van der Waals surface area contributed by atoms with Crippen molar-refractivity contribution in [1.29, 1.82) is 0 Å². The quantitative estimate of drug-likeness (QED) is 0.856. The molecule has 1 amide bonds. The first-order chi connectivity index (χ1) is 12.0. The number of carbonyl (C=O) groups is 1. The Morgan fingerprint density at radius 1 is 1.48 bits per heavy atom. The van der Waals surface area contributed by atoms with Crippen molar-refractivity contribution in [3.63, 3.8) is 0 Å². The number of anilines is 1. The number of ether oxygens (including phenoxy) is 1. The third-order valence-electron chi connectivity index (χ3n) is 4.26. The molecule has 2 N–H and O–H groups in total. The van der Waals surface area contributed by atoms with Crippen molar-refractivity contribution < 1.29 is 9.53 Å². The van der Waals surface area contributed by atoms with Gasteiger partial charge in [0.1, 0.15) is 5.69 Å². The van der Waals surface area contributed by atoms with Gasteiger partial charge in [-0.2, -0.15) is 11.3 Å². The summed E-state index contributed by atoms with van der Waals surface area (Å²) in [6.45, 7) is 5.92. The van der Waals surface area contributed by atoms with Crippen molar-refractivity contribution in [2.45, 2.75) is 45.3 Å². The average molecular weight is 360 g/mol. The molecule has 1 atom stereocenters. The maximum Gasteiger partial charge on any atom is 0.273 e. The van der Waals surface area contributed by atoms with E-state index >= 15 is 0 Å². The molecule has 0 spiro atoms. The minimum absolute atomic E-state index is 0.0892. The van der Waals surface area contributed by atoms with Crippen molar-refractivity contribution in [3.8, 4) is 0 Å². The zero-order chi connectivity index (χ0) is 17.8. The van der Waals surface area contributed by atoms with Gasteiger partial charge >= 0.3 is 0 Å². The van der Waals surface area contributed by atoms with Gasteiger partial charge in [-0.25, -0.2) is 9.97 Å². The number of amides is 1. The second-order valence-electron chi connectivity index (χ2n) is 6.64. The molecule has 134 valence electrons. The minimum atomic E-state index is -0.127. The molecule has 2 aromatic rings. The molecule has 1 unspecified atom stereocenters. The third-order valence-corrected chi connectivity index (χ3v) is 4.99. The summed E-state index contributed by atoms with van der Waals surface area (Å²) >= 11 is 1.63. The molecule has 1 fully saturated rings. The zero-order valence-corrected chi connectivity index (χ0v) is 15.5. The van der Waals surface area contributed by atoms with Gasteiger partial charge < -0.3 is 15.4 Å². The molecule has 1 saturated heterocycles. The first-order valence-electron chi connectivity index (χ1n) is 8.59. The van der Waals surface area contributed by atoms with Crippen molar-refractivity contribution in [2.75, 3.05) is 18.9 Å². The Balaban J connectivity index is 1.84. The molecule has 6 nitrogen and oxygen atoms in total. The Labute approximate surface area is 152 Å². The molecule has 0 bridgehead atoms. The molecule has 3 rings (SSSR count). The van der Waals surface area contributed by atoms with Crippen molar-refractivity contribution in [3.05, 3.63) is 39.8 Å². The molecule has 1 aliphatic rings. The predicted octanol–water partition coefficient (Wildman–Crippen LogP) is 3.07.